The van der Waals surface area contributed by atoms with Crippen LogP contribution in [0, 0.1) is 11.3 Å². The minimum Gasteiger partial charge on any atom is -0.483 e. The van der Waals surface area contributed by atoms with Crippen LogP contribution >= 0.6 is 0 Å². The monoisotopic (exact) mass is 617 g/mol. The quantitative estimate of drug-likeness (QED) is 0.196. The molecular formula is C29H32F3N6O6+. The first kappa shape index (κ1) is 33.6. The predicted octanol–water partition coefficient (Wildman–Crippen LogP) is 2.96. The van der Waals surface area contributed by atoms with Crippen LogP contribution in [0.4, 0.5) is 24.8 Å². The molecule has 15 heteroatoms. The molecule has 2 aromatic carbocycles. The molecule has 1 aromatic heterocycles. The number of aliphatic hydroxyl groups excluding tert-OH is 1. The number of ether oxygens (including phenoxy) is 1. The van der Waals surface area contributed by atoms with E-state index >= 15 is 0 Å². The number of aromatic amines is 1. The third-order valence-electron chi connectivity index (χ3n) is 7.24. The molecule has 0 saturated carbocycles. The Morgan fingerprint density at radius 1 is 1.23 bits per heavy atom. The van der Waals surface area contributed by atoms with Crippen molar-refractivity contribution in [1.29, 1.82) is 5.26 Å². The SMILES string of the molecule is COC(=O)C1=C(C)N(c2cccc(C(F)(F)F)c2)c2n[nH]c(=O)n2[C@@H]1c1ccc(C#N)cc1CC[N+](C)(C)CCO.O=CO. The van der Waals surface area contributed by atoms with Gasteiger partial charge in [0.2, 0.25) is 5.95 Å². The zero-order chi connectivity index (χ0) is 32.8. The van der Waals surface area contributed by atoms with E-state index in [9.17, 15) is 33.1 Å². The second-order valence-electron chi connectivity index (χ2n) is 10.5. The molecule has 234 valence electrons. The standard InChI is InChI=1S/C28H29F3N6O4.CH2O2/c1-17-23(25(39)41-4)24(22-9-8-18(16-32)14-19(22)10-11-37(2,3)12-13-38)36-26(33-34-27(36)40)35(17)21-7-5-6-20(15-21)28(29,30)31;2-1-3/h5-9,14-15,24,38H,10-13H2,1-4H3;1H,(H,2,3)/p+1/t24-;/m1./s1. The van der Waals surface area contributed by atoms with Crippen molar-refractivity contribution in [2.45, 2.75) is 25.6 Å². The summed E-state index contributed by atoms with van der Waals surface area (Å²) >= 11 is 0. The van der Waals surface area contributed by atoms with Crippen molar-refractivity contribution in [3.63, 3.8) is 0 Å². The van der Waals surface area contributed by atoms with Crippen molar-refractivity contribution < 1.29 is 42.2 Å². The number of fused-ring (bicyclic) bond motifs is 1. The number of methoxy groups -OCH3 is 1. The highest BCUT2D eigenvalue weighted by atomic mass is 19.4. The number of H-pyrrole nitrogens is 1. The van der Waals surface area contributed by atoms with E-state index in [0.29, 0.717) is 40.7 Å². The average Bonchev–Trinajstić information content (AvgIpc) is 3.35. The number of hydrogen-bond acceptors (Lipinski definition) is 8. The lowest BCUT2D eigenvalue weighted by Crippen LogP contribution is -2.43. The summed E-state index contributed by atoms with van der Waals surface area (Å²) < 4.78 is 47.5. The highest BCUT2D eigenvalue weighted by Crippen LogP contribution is 2.43. The number of anilines is 2. The maximum atomic E-state index is 13.6. The van der Waals surface area contributed by atoms with Gasteiger partial charge in [0, 0.05) is 17.8 Å². The van der Waals surface area contributed by atoms with Gasteiger partial charge >= 0.3 is 17.8 Å². The number of aromatic nitrogens is 3. The summed E-state index contributed by atoms with van der Waals surface area (Å²) in [6, 6.07) is 10.5. The number of benzene rings is 2. The number of nitrogens with one attached hydrogen (secondary N) is 1. The van der Waals surface area contributed by atoms with Crippen molar-refractivity contribution in [3.05, 3.63) is 86.5 Å². The molecule has 3 aromatic rings. The zero-order valence-corrected chi connectivity index (χ0v) is 24.4. The highest BCUT2D eigenvalue weighted by molar-refractivity contribution is 5.93. The van der Waals surface area contributed by atoms with E-state index in [1.54, 1.807) is 25.1 Å². The number of allylic oxidation sites excluding steroid dienone is 1. The highest BCUT2D eigenvalue weighted by Gasteiger charge is 2.41. The second kappa shape index (κ2) is 13.6. The minimum atomic E-state index is -4.62. The number of esters is 1. The number of carbonyl (C=O) groups excluding carboxylic acids is 1. The van der Waals surface area contributed by atoms with Gasteiger partial charge in [0.15, 0.2) is 0 Å². The molecule has 0 amide bonds. The molecule has 2 heterocycles. The molecule has 1 aliphatic rings. The van der Waals surface area contributed by atoms with E-state index in [1.807, 2.05) is 14.1 Å². The Bertz CT molecular complexity index is 1650. The smallest absolute Gasteiger partial charge is 0.416 e. The molecule has 0 bridgehead atoms. The van der Waals surface area contributed by atoms with Gasteiger partial charge in [-0.05, 0) is 48.4 Å². The Hall–Kier alpha value is -4.94. The molecular weight excluding hydrogens is 585 g/mol. The van der Waals surface area contributed by atoms with E-state index < -0.39 is 29.4 Å². The van der Waals surface area contributed by atoms with Crippen LogP contribution in [-0.2, 0) is 26.9 Å². The summed E-state index contributed by atoms with van der Waals surface area (Å²) in [4.78, 5) is 36.2. The van der Waals surface area contributed by atoms with Crippen molar-refractivity contribution in [1.82, 2.24) is 14.8 Å². The van der Waals surface area contributed by atoms with Gasteiger partial charge in [0.25, 0.3) is 6.47 Å². The molecule has 3 N–H and O–H groups in total. The molecule has 0 saturated heterocycles. The lowest BCUT2D eigenvalue weighted by atomic mass is 9.89. The number of aliphatic hydroxyl groups is 1. The molecule has 0 fully saturated rings. The van der Waals surface area contributed by atoms with E-state index in [4.69, 9.17) is 14.6 Å². The fourth-order valence-electron chi connectivity index (χ4n) is 5.04. The summed E-state index contributed by atoms with van der Waals surface area (Å²) in [6.45, 7) is 2.33. The summed E-state index contributed by atoms with van der Waals surface area (Å²) in [7, 11) is 5.07. The molecule has 0 unspecified atom stereocenters. The van der Waals surface area contributed by atoms with Gasteiger partial charge in [0.1, 0.15) is 12.6 Å². The van der Waals surface area contributed by atoms with Crippen LogP contribution in [0.15, 0.2) is 58.5 Å². The molecule has 12 nitrogen and oxygen atoms in total. The topological polar surface area (TPSA) is 162 Å². The Morgan fingerprint density at radius 3 is 2.50 bits per heavy atom. The number of halogens is 3. The minimum absolute atomic E-state index is 0.0174. The zero-order valence-electron chi connectivity index (χ0n) is 24.4. The van der Waals surface area contributed by atoms with E-state index in [2.05, 4.69) is 16.3 Å². The summed E-state index contributed by atoms with van der Waals surface area (Å²) in [6.07, 6.45) is -4.19. The number of carbonyl (C=O) groups is 2. The average molecular weight is 618 g/mol. The largest absolute Gasteiger partial charge is 0.483 e. The van der Waals surface area contributed by atoms with Gasteiger partial charge in [-0.15, -0.1) is 5.10 Å². The van der Waals surface area contributed by atoms with Crippen LogP contribution in [-0.4, -0.2) is 82.8 Å². The summed E-state index contributed by atoms with van der Waals surface area (Å²) in [5, 5.41) is 32.4. The molecule has 0 spiro atoms. The van der Waals surface area contributed by atoms with Crippen LogP contribution in [0.25, 0.3) is 0 Å². The number of hydrogen-bond donors (Lipinski definition) is 3. The molecule has 0 aliphatic carbocycles. The number of rotatable bonds is 8. The Morgan fingerprint density at radius 2 is 1.91 bits per heavy atom. The first-order chi connectivity index (χ1) is 20.7. The van der Waals surface area contributed by atoms with E-state index in [-0.39, 0.29) is 36.0 Å². The normalized spacial score (nSPS) is 14.7. The van der Waals surface area contributed by atoms with Crippen LogP contribution < -0.4 is 10.6 Å². The third kappa shape index (κ3) is 6.99. The van der Waals surface area contributed by atoms with Gasteiger partial charge in [-0.25, -0.2) is 19.3 Å². The van der Waals surface area contributed by atoms with Crippen LogP contribution in [0.1, 0.15) is 35.2 Å². The molecule has 0 radical (unpaired) electrons. The first-order valence-corrected chi connectivity index (χ1v) is 13.2. The fraction of sp³-hybridized carbons (Fsp3) is 0.345. The molecule has 1 aliphatic heterocycles. The van der Waals surface area contributed by atoms with Gasteiger partial charge in [-0.3, -0.25) is 9.69 Å². The molecule has 4 rings (SSSR count). The lowest BCUT2D eigenvalue weighted by molar-refractivity contribution is -0.890. The summed E-state index contributed by atoms with van der Waals surface area (Å²) in [5.74, 6) is -0.800. The van der Waals surface area contributed by atoms with E-state index in [0.717, 1.165) is 12.1 Å². The van der Waals surface area contributed by atoms with Crippen molar-refractivity contribution >= 4 is 24.1 Å². The van der Waals surface area contributed by atoms with Gasteiger partial charge < -0.3 is 19.4 Å². The van der Waals surface area contributed by atoms with Crippen LogP contribution in [0.2, 0.25) is 0 Å². The number of carboxylic acid groups (broad SMARTS) is 1. The Labute approximate surface area is 250 Å². The number of alkyl halides is 3. The number of likely N-dealkylation sites (N-methyl/N-ethyl adjacent to an activating group) is 1. The predicted molar refractivity (Wildman–Crippen MR) is 152 cm³/mol. The van der Waals surface area contributed by atoms with Gasteiger partial charge in [0.05, 0.1) is 57.1 Å². The number of quaternary nitrogens is 1. The Kier molecular flexibility index (Phi) is 10.4. The van der Waals surface area contributed by atoms with Crippen molar-refractivity contribution in [3.8, 4) is 6.07 Å². The van der Waals surface area contributed by atoms with Gasteiger partial charge in [-0.2, -0.15) is 18.4 Å². The third-order valence-corrected chi connectivity index (χ3v) is 7.24. The molecule has 44 heavy (non-hydrogen) atoms. The lowest BCUT2D eigenvalue weighted by Gasteiger charge is -2.36. The maximum Gasteiger partial charge on any atom is 0.416 e. The van der Waals surface area contributed by atoms with Crippen LogP contribution in [0.3, 0.4) is 0 Å². The molecule has 1 atom stereocenters. The second-order valence-corrected chi connectivity index (χ2v) is 10.5. The fourth-order valence-corrected chi connectivity index (χ4v) is 5.04. The van der Waals surface area contributed by atoms with Gasteiger partial charge in [-0.1, -0.05) is 12.1 Å². The van der Waals surface area contributed by atoms with Crippen molar-refractivity contribution in [2.75, 3.05) is 45.8 Å². The first-order valence-electron chi connectivity index (χ1n) is 13.2. The maximum absolute atomic E-state index is 13.6. The summed E-state index contributed by atoms with van der Waals surface area (Å²) in [5.41, 5.74) is 0.267. The number of nitriles is 1. The van der Waals surface area contributed by atoms with Crippen LogP contribution in [0.5, 0.6) is 0 Å². The number of nitrogens with zero attached hydrogens (tertiary/aromatic N) is 5. The van der Waals surface area contributed by atoms with E-state index in [1.165, 1.54) is 28.7 Å². The van der Waals surface area contributed by atoms with Crippen molar-refractivity contribution in [2.24, 2.45) is 0 Å². The Balaban J connectivity index is 0.00000169.